The van der Waals surface area contributed by atoms with Gasteiger partial charge in [0.15, 0.2) is 0 Å². The smallest absolute Gasteiger partial charge is 0.267 e. The lowest BCUT2D eigenvalue weighted by Gasteiger charge is -2.14. The molecule has 0 radical (unpaired) electrons. The number of nitrogens with one attached hydrogen (secondary N) is 1. The second-order valence-corrected chi connectivity index (χ2v) is 9.36. The van der Waals surface area contributed by atoms with Gasteiger partial charge >= 0.3 is 0 Å². The maximum absolute atomic E-state index is 13.3. The van der Waals surface area contributed by atoms with Gasteiger partial charge in [0.05, 0.1) is 23.3 Å². The molecule has 1 fully saturated rings. The van der Waals surface area contributed by atoms with Crippen LogP contribution in [0, 0.1) is 12.8 Å². The number of anilines is 1. The number of pyridine rings is 1. The third-order valence-corrected chi connectivity index (χ3v) is 6.18. The van der Waals surface area contributed by atoms with E-state index in [0.717, 1.165) is 5.56 Å². The number of aromatic nitrogens is 2. The van der Waals surface area contributed by atoms with Crippen LogP contribution >= 0.6 is 24.0 Å². The number of hydrogen-bond acceptors (Lipinski definition) is 7. The summed E-state index contributed by atoms with van der Waals surface area (Å²) in [5.74, 6) is 1.20. The Kier molecular flexibility index (Phi) is 5.97. The molecule has 0 bridgehead atoms. The highest BCUT2D eigenvalue weighted by atomic mass is 32.2. The Balaban J connectivity index is 1.77. The van der Waals surface area contributed by atoms with Crippen molar-refractivity contribution in [3.8, 4) is 0 Å². The van der Waals surface area contributed by atoms with E-state index in [1.807, 2.05) is 13.0 Å². The van der Waals surface area contributed by atoms with Gasteiger partial charge in [-0.3, -0.25) is 18.9 Å². The molecule has 1 amide bonds. The van der Waals surface area contributed by atoms with Gasteiger partial charge in [-0.25, -0.2) is 4.98 Å². The molecule has 1 aliphatic rings. The summed E-state index contributed by atoms with van der Waals surface area (Å²) >= 11 is 6.57. The molecule has 4 rings (SSSR count). The van der Waals surface area contributed by atoms with E-state index < -0.39 is 0 Å². The molecule has 0 aromatic carbocycles. The Hall–Kier alpha value is -2.91. The molecule has 0 aliphatic carbocycles. The number of amides is 1. The summed E-state index contributed by atoms with van der Waals surface area (Å²) in [6.45, 7) is 6.96. The average molecular weight is 455 g/mol. The van der Waals surface area contributed by atoms with Crippen molar-refractivity contribution in [2.75, 3.05) is 11.9 Å². The maximum atomic E-state index is 13.3. The highest BCUT2D eigenvalue weighted by Gasteiger charge is 2.33. The molecule has 0 atom stereocenters. The number of carbonyl (C=O) groups is 1. The number of fused-ring (bicyclic) bond motifs is 1. The predicted molar refractivity (Wildman–Crippen MR) is 127 cm³/mol. The molecule has 0 spiro atoms. The minimum atomic E-state index is -0.255. The molecule has 3 aromatic rings. The predicted octanol–water partition coefficient (Wildman–Crippen LogP) is 4.07. The van der Waals surface area contributed by atoms with Crippen molar-refractivity contribution >= 4 is 51.7 Å². The van der Waals surface area contributed by atoms with Crippen molar-refractivity contribution in [3.63, 3.8) is 0 Å². The second kappa shape index (κ2) is 8.68. The molecule has 9 heteroatoms. The number of aryl methyl sites for hydroxylation is 1. The highest BCUT2D eigenvalue weighted by Crippen LogP contribution is 2.34. The number of rotatable bonds is 6. The van der Waals surface area contributed by atoms with Crippen molar-refractivity contribution in [2.45, 2.75) is 27.3 Å². The number of hydrogen-bond donors (Lipinski definition) is 1. The molecular weight excluding hydrogens is 432 g/mol. The molecule has 7 nitrogen and oxygen atoms in total. The van der Waals surface area contributed by atoms with E-state index in [1.165, 1.54) is 21.1 Å². The molecule has 1 saturated heterocycles. The van der Waals surface area contributed by atoms with E-state index >= 15 is 0 Å². The van der Waals surface area contributed by atoms with Gasteiger partial charge in [0, 0.05) is 12.7 Å². The van der Waals surface area contributed by atoms with Crippen LogP contribution in [0.5, 0.6) is 0 Å². The first-order chi connectivity index (χ1) is 14.8. The lowest BCUT2D eigenvalue weighted by Crippen LogP contribution is -2.27. The highest BCUT2D eigenvalue weighted by molar-refractivity contribution is 8.26. The fraction of sp³-hybridized carbons (Fsp3) is 0.273. The van der Waals surface area contributed by atoms with Crippen molar-refractivity contribution in [2.24, 2.45) is 5.92 Å². The lowest BCUT2D eigenvalue weighted by molar-refractivity contribution is -0.122. The van der Waals surface area contributed by atoms with Gasteiger partial charge in [0.2, 0.25) is 0 Å². The normalized spacial score (nSPS) is 15.6. The molecule has 0 unspecified atom stereocenters. The maximum Gasteiger partial charge on any atom is 0.267 e. The van der Waals surface area contributed by atoms with Gasteiger partial charge in [-0.15, -0.1) is 0 Å². The zero-order chi connectivity index (χ0) is 22.1. The van der Waals surface area contributed by atoms with Crippen LogP contribution in [0.2, 0.25) is 0 Å². The van der Waals surface area contributed by atoms with E-state index in [-0.39, 0.29) is 18.0 Å². The molecule has 31 heavy (non-hydrogen) atoms. The molecule has 1 N–H and O–H groups in total. The number of carbonyl (C=O) groups excluding carboxylic acids is 1. The first-order valence-corrected chi connectivity index (χ1v) is 11.1. The Bertz CT molecular complexity index is 1250. The summed E-state index contributed by atoms with van der Waals surface area (Å²) in [4.78, 5) is 32.9. The quantitative estimate of drug-likeness (QED) is 0.444. The summed E-state index contributed by atoms with van der Waals surface area (Å²) in [5.41, 5.74) is 1.57. The van der Waals surface area contributed by atoms with Crippen molar-refractivity contribution in [1.29, 1.82) is 0 Å². The zero-order valence-corrected chi connectivity index (χ0v) is 19.0. The van der Waals surface area contributed by atoms with Gasteiger partial charge in [-0.2, -0.15) is 0 Å². The summed E-state index contributed by atoms with van der Waals surface area (Å²) < 4.78 is 7.27. The van der Waals surface area contributed by atoms with Crippen molar-refractivity contribution in [3.05, 3.63) is 68.9 Å². The zero-order valence-electron chi connectivity index (χ0n) is 17.4. The number of thioether (sulfide) groups is 1. The number of thiocarbonyl (C=S) groups is 1. The van der Waals surface area contributed by atoms with E-state index in [9.17, 15) is 9.59 Å². The molecular formula is C22H22N4O3S2. The Morgan fingerprint density at radius 2 is 2.10 bits per heavy atom. The first kappa shape index (κ1) is 21.3. The Morgan fingerprint density at radius 1 is 1.29 bits per heavy atom. The minimum absolute atomic E-state index is 0.240. The van der Waals surface area contributed by atoms with Crippen molar-refractivity contribution < 1.29 is 9.21 Å². The standard InChI is InChI=1S/C22H22N4O3S2/c1-13(2)11-23-18-16(20(27)25-8-4-6-14(3)19(25)24-18)10-17-21(28)26(22(30)31-17)12-15-7-5-9-29-15/h4-10,13,23H,11-12H2,1-3H3/b17-10+. The first-order valence-electron chi connectivity index (χ1n) is 9.88. The molecule has 0 saturated carbocycles. The summed E-state index contributed by atoms with van der Waals surface area (Å²) in [6.07, 6.45) is 4.83. The largest absolute Gasteiger partial charge is 0.467 e. The SMILES string of the molecule is Cc1cccn2c(=O)c(/C=C3/SC(=S)N(Cc4ccco4)C3=O)c(NCC(C)C)nc12. The van der Waals surface area contributed by atoms with E-state index in [2.05, 4.69) is 19.2 Å². The van der Waals surface area contributed by atoms with Crippen LogP contribution in [0.1, 0.15) is 30.7 Å². The second-order valence-electron chi connectivity index (χ2n) is 7.69. The van der Waals surface area contributed by atoms with Crippen LogP contribution in [0.3, 0.4) is 0 Å². The Labute approximate surface area is 189 Å². The Morgan fingerprint density at radius 3 is 2.81 bits per heavy atom. The molecule has 1 aliphatic heterocycles. The number of furan rings is 1. The fourth-order valence-electron chi connectivity index (χ4n) is 3.20. The monoisotopic (exact) mass is 454 g/mol. The van der Waals surface area contributed by atoms with Gasteiger partial charge in [-0.05, 0) is 42.7 Å². The van der Waals surface area contributed by atoms with Crippen molar-refractivity contribution in [1.82, 2.24) is 14.3 Å². The van der Waals surface area contributed by atoms with Gasteiger partial charge in [0.25, 0.3) is 11.5 Å². The van der Waals surface area contributed by atoms with E-state index in [4.69, 9.17) is 21.6 Å². The van der Waals surface area contributed by atoms with Gasteiger partial charge in [0.1, 0.15) is 21.5 Å². The third-order valence-electron chi connectivity index (χ3n) is 4.81. The molecule has 3 aromatic heterocycles. The third kappa shape index (κ3) is 4.28. The fourth-order valence-corrected chi connectivity index (χ4v) is 4.44. The molecule has 160 valence electrons. The molecule has 4 heterocycles. The van der Waals surface area contributed by atoms with Crippen LogP contribution in [0.15, 0.2) is 50.8 Å². The summed E-state index contributed by atoms with van der Waals surface area (Å²) in [5, 5.41) is 3.27. The van der Waals surface area contributed by atoms with Gasteiger partial charge < -0.3 is 9.73 Å². The minimum Gasteiger partial charge on any atom is -0.467 e. The summed E-state index contributed by atoms with van der Waals surface area (Å²) in [6, 6.07) is 7.27. The van der Waals surface area contributed by atoms with E-state index in [1.54, 1.807) is 36.7 Å². The lowest BCUT2D eigenvalue weighted by atomic mass is 10.2. The van der Waals surface area contributed by atoms with Gasteiger partial charge in [-0.1, -0.05) is 43.9 Å². The van der Waals surface area contributed by atoms with Crippen LogP contribution in [-0.2, 0) is 11.3 Å². The topological polar surface area (TPSA) is 79.8 Å². The van der Waals surface area contributed by atoms with E-state index in [0.29, 0.717) is 44.5 Å². The number of nitrogens with zero attached hydrogens (tertiary/aromatic N) is 3. The summed E-state index contributed by atoms with van der Waals surface area (Å²) in [7, 11) is 0. The van der Waals surface area contributed by atoms with Crippen LogP contribution < -0.4 is 10.9 Å². The van der Waals surface area contributed by atoms with Crippen LogP contribution in [0.25, 0.3) is 11.7 Å². The van der Waals surface area contributed by atoms with Crippen LogP contribution in [-0.4, -0.2) is 31.1 Å². The van der Waals surface area contributed by atoms with Crippen LogP contribution in [0.4, 0.5) is 5.82 Å². The average Bonchev–Trinajstić information content (AvgIpc) is 3.33.